The fraction of sp³-hybridized carbons (Fsp3) is 0.400. The lowest BCUT2D eigenvalue weighted by Gasteiger charge is -2.18. The first-order valence-corrected chi connectivity index (χ1v) is 8.60. The molecule has 0 saturated heterocycles. The molecule has 1 amide bonds. The van der Waals surface area contributed by atoms with Crippen LogP contribution in [0.1, 0.15) is 35.2 Å². The van der Waals surface area contributed by atoms with Crippen molar-refractivity contribution in [3.8, 4) is 0 Å². The van der Waals surface area contributed by atoms with Crippen LogP contribution in [0.5, 0.6) is 0 Å². The van der Waals surface area contributed by atoms with E-state index in [-0.39, 0.29) is 11.9 Å². The van der Waals surface area contributed by atoms with Gasteiger partial charge < -0.3 is 5.32 Å². The summed E-state index contributed by atoms with van der Waals surface area (Å²) in [6.07, 6.45) is 0. The van der Waals surface area contributed by atoms with Gasteiger partial charge in [0.05, 0.1) is 11.8 Å². The minimum atomic E-state index is 0.00631. The molecule has 0 radical (unpaired) electrons. The van der Waals surface area contributed by atoms with Crippen LogP contribution >= 0.6 is 23.1 Å². The standard InChI is InChI=1S/C15H19N3OS2/c1-9-5-11(3)13(6-10(9)2)12(4)17-14(19)7-20-15-18-16-8-21-15/h5-6,8,12H,7H2,1-4H3,(H,17,19)/t12-/m1/s1. The minimum absolute atomic E-state index is 0.00631. The number of carbonyl (C=O) groups excluding carboxylic acids is 1. The molecule has 0 aliphatic carbocycles. The second-order valence-corrected chi connectivity index (χ2v) is 7.13. The lowest BCUT2D eigenvalue weighted by molar-refractivity contribution is -0.119. The fourth-order valence-corrected chi connectivity index (χ4v) is 3.46. The van der Waals surface area contributed by atoms with Gasteiger partial charge in [0.2, 0.25) is 5.91 Å². The van der Waals surface area contributed by atoms with E-state index in [4.69, 9.17) is 0 Å². The molecule has 0 aliphatic heterocycles. The van der Waals surface area contributed by atoms with Crippen molar-refractivity contribution >= 4 is 29.0 Å². The van der Waals surface area contributed by atoms with Gasteiger partial charge in [-0.05, 0) is 49.9 Å². The molecule has 4 nitrogen and oxygen atoms in total. The van der Waals surface area contributed by atoms with E-state index in [0.717, 1.165) is 4.34 Å². The van der Waals surface area contributed by atoms with E-state index >= 15 is 0 Å². The van der Waals surface area contributed by atoms with Crippen LogP contribution in [0.25, 0.3) is 0 Å². The molecule has 21 heavy (non-hydrogen) atoms. The molecule has 2 aromatic rings. The zero-order valence-electron chi connectivity index (χ0n) is 12.6. The molecule has 1 aromatic heterocycles. The number of aryl methyl sites for hydroxylation is 3. The van der Waals surface area contributed by atoms with E-state index in [9.17, 15) is 4.79 Å². The Balaban J connectivity index is 1.96. The van der Waals surface area contributed by atoms with Gasteiger partial charge in [0.25, 0.3) is 0 Å². The first kappa shape index (κ1) is 16.0. The molecular weight excluding hydrogens is 302 g/mol. The van der Waals surface area contributed by atoms with Crippen LogP contribution in [-0.2, 0) is 4.79 Å². The van der Waals surface area contributed by atoms with Gasteiger partial charge in [0, 0.05) is 0 Å². The van der Waals surface area contributed by atoms with E-state index in [0.29, 0.717) is 5.75 Å². The maximum atomic E-state index is 12.0. The number of thioether (sulfide) groups is 1. The Morgan fingerprint density at radius 3 is 2.67 bits per heavy atom. The highest BCUT2D eigenvalue weighted by Crippen LogP contribution is 2.22. The van der Waals surface area contributed by atoms with Crippen molar-refractivity contribution in [2.75, 3.05) is 5.75 Å². The van der Waals surface area contributed by atoms with Gasteiger partial charge >= 0.3 is 0 Å². The number of carbonyl (C=O) groups is 1. The second-order valence-electron chi connectivity index (χ2n) is 5.08. The highest BCUT2D eigenvalue weighted by atomic mass is 32.2. The summed E-state index contributed by atoms with van der Waals surface area (Å²) in [4.78, 5) is 12.0. The Morgan fingerprint density at radius 1 is 1.29 bits per heavy atom. The number of aromatic nitrogens is 2. The predicted octanol–water partition coefficient (Wildman–Crippen LogP) is 3.43. The average molecular weight is 321 g/mol. The summed E-state index contributed by atoms with van der Waals surface area (Å²) in [5.74, 6) is 0.379. The molecule has 0 fully saturated rings. The van der Waals surface area contributed by atoms with Crippen molar-refractivity contribution < 1.29 is 4.79 Å². The largest absolute Gasteiger partial charge is 0.349 e. The number of nitrogens with one attached hydrogen (secondary N) is 1. The molecule has 1 atom stereocenters. The Morgan fingerprint density at radius 2 is 2.00 bits per heavy atom. The fourth-order valence-electron chi connectivity index (χ4n) is 2.16. The number of benzene rings is 1. The number of hydrogen-bond donors (Lipinski definition) is 1. The zero-order chi connectivity index (χ0) is 15.4. The van der Waals surface area contributed by atoms with Crippen LogP contribution in [0.15, 0.2) is 22.0 Å². The van der Waals surface area contributed by atoms with E-state index in [2.05, 4.69) is 48.4 Å². The monoisotopic (exact) mass is 321 g/mol. The first-order valence-electron chi connectivity index (χ1n) is 6.73. The van der Waals surface area contributed by atoms with E-state index in [1.807, 2.05) is 6.92 Å². The normalized spacial score (nSPS) is 12.2. The third kappa shape index (κ3) is 4.28. The summed E-state index contributed by atoms with van der Waals surface area (Å²) in [7, 11) is 0. The summed E-state index contributed by atoms with van der Waals surface area (Å²) in [5, 5.41) is 10.7. The highest BCUT2D eigenvalue weighted by Gasteiger charge is 2.13. The molecule has 0 saturated carbocycles. The lowest BCUT2D eigenvalue weighted by Crippen LogP contribution is -2.28. The van der Waals surface area contributed by atoms with Crippen LogP contribution in [0.2, 0.25) is 0 Å². The third-order valence-electron chi connectivity index (χ3n) is 3.39. The topological polar surface area (TPSA) is 54.9 Å². The molecule has 0 spiro atoms. The Labute approximate surface area is 133 Å². The summed E-state index contributed by atoms with van der Waals surface area (Å²) in [6.45, 7) is 8.30. The number of amides is 1. The molecule has 1 aromatic carbocycles. The molecule has 2 rings (SSSR count). The maximum Gasteiger partial charge on any atom is 0.230 e. The van der Waals surface area contributed by atoms with Crippen molar-refractivity contribution in [1.82, 2.24) is 15.5 Å². The molecule has 0 bridgehead atoms. The maximum absolute atomic E-state index is 12.0. The van der Waals surface area contributed by atoms with Gasteiger partial charge in [-0.25, -0.2) is 0 Å². The number of rotatable bonds is 5. The van der Waals surface area contributed by atoms with Crippen molar-refractivity contribution in [1.29, 1.82) is 0 Å². The van der Waals surface area contributed by atoms with Crippen LogP contribution < -0.4 is 5.32 Å². The lowest BCUT2D eigenvalue weighted by atomic mass is 9.96. The van der Waals surface area contributed by atoms with Crippen molar-refractivity contribution in [2.24, 2.45) is 0 Å². The smallest absolute Gasteiger partial charge is 0.230 e. The van der Waals surface area contributed by atoms with Crippen molar-refractivity contribution in [2.45, 2.75) is 38.1 Å². The number of nitrogens with zero attached hydrogens (tertiary/aromatic N) is 2. The average Bonchev–Trinajstić information content (AvgIpc) is 2.93. The molecule has 6 heteroatoms. The Kier molecular flexibility index (Phi) is 5.36. The molecule has 112 valence electrons. The molecule has 0 unspecified atom stereocenters. The van der Waals surface area contributed by atoms with Crippen molar-refractivity contribution in [3.63, 3.8) is 0 Å². The Hall–Kier alpha value is -1.40. The first-order chi connectivity index (χ1) is 9.97. The Bertz CT molecular complexity index is 626. The molecular formula is C15H19N3OS2. The highest BCUT2D eigenvalue weighted by molar-refractivity contribution is 8.01. The third-order valence-corrected chi connectivity index (χ3v) is 5.25. The van der Waals surface area contributed by atoms with Crippen LogP contribution in [-0.4, -0.2) is 21.9 Å². The summed E-state index contributed by atoms with van der Waals surface area (Å²) >= 11 is 2.86. The number of hydrogen-bond acceptors (Lipinski definition) is 5. The molecule has 1 heterocycles. The second kappa shape index (κ2) is 7.04. The summed E-state index contributed by atoms with van der Waals surface area (Å²) in [5.41, 5.74) is 6.58. The van der Waals surface area contributed by atoms with E-state index in [1.54, 1.807) is 5.51 Å². The molecule has 0 aliphatic rings. The van der Waals surface area contributed by atoms with Crippen LogP contribution in [0, 0.1) is 20.8 Å². The predicted molar refractivity (Wildman–Crippen MR) is 87.8 cm³/mol. The van der Waals surface area contributed by atoms with Gasteiger partial charge in [-0.2, -0.15) is 0 Å². The van der Waals surface area contributed by atoms with Gasteiger partial charge in [0.15, 0.2) is 4.34 Å². The van der Waals surface area contributed by atoms with E-state index in [1.165, 1.54) is 45.4 Å². The van der Waals surface area contributed by atoms with Gasteiger partial charge in [-0.15, -0.1) is 10.2 Å². The van der Waals surface area contributed by atoms with Crippen LogP contribution in [0.3, 0.4) is 0 Å². The molecule has 1 N–H and O–H groups in total. The SMILES string of the molecule is Cc1cc(C)c([C@@H](C)NC(=O)CSc2nncs2)cc1C. The quantitative estimate of drug-likeness (QED) is 0.857. The van der Waals surface area contributed by atoms with Gasteiger partial charge in [0.1, 0.15) is 5.51 Å². The minimum Gasteiger partial charge on any atom is -0.349 e. The van der Waals surface area contributed by atoms with Gasteiger partial charge in [-0.1, -0.05) is 35.2 Å². The van der Waals surface area contributed by atoms with Crippen molar-refractivity contribution in [3.05, 3.63) is 39.9 Å². The summed E-state index contributed by atoms with van der Waals surface area (Å²) in [6, 6.07) is 4.34. The zero-order valence-corrected chi connectivity index (χ0v) is 14.3. The van der Waals surface area contributed by atoms with E-state index < -0.39 is 0 Å². The summed E-state index contributed by atoms with van der Waals surface area (Å²) < 4.78 is 0.820. The van der Waals surface area contributed by atoms with Crippen LogP contribution in [0.4, 0.5) is 0 Å². The van der Waals surface area contributed by atoms with Gasteiger partial charge in [-0.3, -0.25) is 4.79 Å².